The maximum atomic E-state index is 12.5. The van der Waals surface area contributed by atoms with Crippen LogP contribution in [-0.2, 0) is 4.79 Å². The van der Waals surface area contributed by atoms with Crippen LogP contribution in [0.25, 0.3) is 0 Å². The molecule has 1 unspecified atom stereocenters. The Morgan fingerprint density at radius 1 is 1.50 bits per heavy atom. The Labute approximate surface area is 92.6 Å². The van der Waals surface area contributed by atoms with Crippen LogP contribution < -0.4 is 11.1 Å². The van der Waals surface area contributed by atoms with Crippen LogP contribution in [0, 0.1) is 0 Å². The number of halogens is 3. The third-order valence-corrected chi connectivity index (χ3v) is 2.86. The molecule has 0 aromatic rings. The molecule has 0 radical (unpaired) electrons. The Bertz CT molecular complexity index is 261. The number of amides is 1. The van der Waals surface area contributed by atoms with Gasteiger partial charge < -0.3 is 11.1 Å². The first-order valence-electron chi connectivity index (χ1n) is 5.47. The van der Waals surface area contributed by atoms with Gasteiger partial charge in [0.2, 0.25) is 5.91 Å². The van der Waals surface area contributed by atoms with Gasteiger partial charge in [-0.2, -0.15) is 13.2 Å². The van der Waals surface area contributed by atoms with E-state index in [0.29, 0.717) is 6.42 Å². The van der Waals surface area contributed by atoms with Gasteiger partial charge in [-0.05, 0) is 19.3 Å². The van der Waals surface area contributed by atoms with Gasteiger partial charge in [-0.1, -0.05) is 19.8 Å². The normalized spacial score (nSPS) is 20.3. The molecule has 0 aromatic carbocycles. The number of unbranched alkanes of at least 4 members (excludes halogenated alkanes) is 1. The zero-order valence-electron chi connectivity index (χ0n) is 9.23. The van der Waals surface area contributed by atoms with Gasteiger partial charge in [0.15, 0.2) is 0 Å². The molecule has 3 nitrogen and oxygen atoms in total. The number of rotatable bonds is 5. The van der Waals surface area contributed by atoms with Crippen molar-refractivity contribution in [1.29, 1.82) is 0 Å². The van der Waals surface area contributed by atoms with Crippen LogP contribution in [0.15, 0.2) is 0 Å². The summed E-state index contributed by atoms with van der Waals surface area (Å²) in [5, 5.41) is 2.03. The summed E-state index contributed by atoms with van der Waals surface area (Å²) in [4.78, 5) is 11.4. The molecule has 1 amide bonds. The molecule has 16 heavy (non-hydrogen) atoms. The summed E-state index contributed by atoms with van der Waals surface area (Å²) in [6.07, 6.45) is -2.41. The molecule has 0 aromatic heterocycles. The first-order valence-corrected chi connectivity index (χ1v) is 5.47. The monoisotopic (exact) mass is 238 g/mol. The lowest BCUT2D eigenvalue weighted by Crippen LogP contribution is -2.53. The first-order chi connectivity index (χ1) is 7.32. The molecule has 0 heterocycles. The van der Waals surface area contributed by atoms with E-state index in [4.69, 9.17) is 5.73 Å². The molecule has 0 spiro atoms. The third kappa shape index (κ3) is 2.87. The predicted molar refractivity (Wildman–Crippen MR) is 53.7 cm³/mol. The van der Waals surface area contributed by atoms with E-state index in [-0.39, 0.29) is 12.8 Å². The van der Waals surface area contributed by atoms with E-state index < -0.39 is 23.7 Å². The molecular weight excluding hydrogens is 221 g/mol. The standard InChI is InChI=1S/C10H17F3N2O/c1-2-3-4-7(14)8(16)15-9(5-6-9)10(11,12)13/h7H,2-6,14H2,1H3,(H,15,16). The SMILES string of the molecule is CCCCC(N)C(=O)NC1(C(F)(F)F)CC1. The largest absolute Gasteiger partial charge is 0.411 e. The maximum Gasteiger partial charge on any atom is 0.411 e. The highest BCUT2D eigenvalue weighted by Crippen LogP contribution is 2.48. The molecule has 0 bridgehead atoms. The van der Waals surface area contributed by atoms with Crippen LogP contribution >= 0.6 is 0 Å². The molecule has 6 heteroatoms. The Morgan fingerprint density at radius 3 is 2.44 bits per heavy atom. The molecule has 94 valence electrons. The Balaban J connectivity index is 2.46. The average Bonchev–Trinajstić information content (AvgIpc) is 2.94. The van der Waals surface area contributed by atoms with Crippen LogP contribution in [0.2, 0.25) is 0 Å². The van der Waals surface area contributed by atoms with Gasteiger partial charge in [0.05, 0.1) is 6.04 Å². The third-order valence-electron chi connectivity index (χ3n) is 2.86. The van der Waals surface area contributed by atoms with Gasteiger partial charge in [0, 0.05) is 0 Å². The van der Waals surface area contributed by atoms with Crippen LogP contribution in [0.5, 0.6) is 0 Å². The van der Waals surface area contributed by atoms with Crippen LogP contribution in [0.3, 0.4) is 0 Å². The molecule has 1 aliphatic rings. The second-order valence-corrected chi connectivity index (χ2v) is 4.32. The van der Waals surface area contributed by atoms with E-state index >= 15 is 0 Å². The van der Waals surface area contributed by atoms with Gasteiger partial charge >= 0.3 is 6.18 Å². The highest BCUT2D eigenvalue weighted by molar-refractivity contribution is 5.82. The molecule has 0 saturated heterocycles. The van der Waals surface area contributed by atoms with Crippen LogP contribution in [0.1, 0.15) is 39.0 Å². The zero-order valence-corrected chi connectivity index (χ0v) is 9.23. The van der Waals surface area contributed by atoms with Gasteiger partial charge in [-0.15, -0.1) is 0 Å². The van der Waals surface area contributed by atoms with Crippen molar-refractivity contribution in [2.75, 3.05) is 0 Å². The van der Waals surface area contributed by atoms with Gasteiger partial charge in [0.25, 0.3) is 0 Å². The van der Waals surface area contributed by atoms with Crippen molar-refractivity contribution in [3.05, 3.63) is 0 Å². The summed E-state index contributed by atoms with van der Waals surface area (Å²) < 4.78 is 37.5. The fourth-order valence-electron chi connectivity index (χ4n) is 1.49. The molecular formula is C10H17F3N2O. The lowest BCUT2D eigenvalue weighted by atomic mass is 10.1. The summed E-state index contributed by atoms with van der Waals surface area (Å²) in [6.45, 7) is 1.93. The van der Waals surface area contributed by atoms with E-state index in [1.807, 2.05) is 12.2 Å². The number of alkyl halides is 3. The van der Waals surface area contributed by atoms with Gasteiger partial charge in [-0.25, -0.2) is 0 Å². The average molecular weight is 238 g/mol. The second-order valence-electron chi connectivity index (χ2n) is 4.32. The second kappa shape index (κ2) is 4.61. The maximum absolute atomic E-state index is 12.5. The minimum absolute atomic E-state index is 0.0390. The topological polar surface area (TPSA) is 55.1 Å². The predicted octanol–water partition coefficient (Wildman–Crippen LogP) is 1.71. The van der Waals surface area contributed by atoms with Crippen LogP contribution in [0.4, 0.5) is 13.2 Å². The number of nitrogens with two attached hydrogens (primary N) is 1. The van der Waals surface area contributed by atoms with Crippen molar-refractivity contribution < 1.29 is 18.0 Å². The quantitative estimate of drug-likeness (QED) is 0.766. The van der Waals surface area contributed by atoms with Crippen molar-refractivity contribution in [3.63, 3.8) is 0 Å². The highest BCUT2D eigenvalue weighted by atomic mass is 19.4. The number of nitrogens with one attached hydrogen (secondary N) is 1. The summed E-state index contributed by atoms with van der Waals surface area (Å²) in [7, 11) is 0. The number of carbonyl (C=O) groups excluding carboxylic acids is 1. The number of hydrogen-bond donors (Lipinski definition) is 2. The van der Waals surface area contributed by atoms with E-state index in [9.17, 15) is 18.0 Å². The van der Waals surface area contributed by atoms with E-state index in [1.165, 1.54) is 0 Å². The van der Waals surface area contributed by atoms with Crippen molar-refractivity contribution in [2.45, 2.75) is 56.8 Å². The smallest absolute Gasteiger partial charge is 0.341 e. The molecule has 1 atom stereocenters. The minimum atomic E-state index is -4.37. The summed E-state index contributed by atoms with van der Waals surface area (Å²) in [5.41, 5.74) is 3.51. The van der Waals surface area contributed by atoms with Gasteiger partial charge in [0.1, 0.15) is 5.54 Å². The molecule has 1 rings (SSSR count). The zero-order chi connectivity index (χ0) is 12.4. The van der Waals surface area contributed by atoms with Gasteiger partial charge in [-0.3, -0.25) is 4.79 Å². The fourth-order valence-corrected chi connectivity index (χ4v) is 1.49. The number of carbonyl (C=O) groups is 1. The minimum Gasteiger partial charge on any atom is -0.341 e. The lowest BCUT2D eigenvalue weighted by Gasteiger charge is -2.22. The fraction of sp³-hybridized carbons (Fsp3) is 0.900. The van der Waals surface area contributed by atoms with Crippen molar-refractivity contribution >= 4 is 5.91 Å². The van der Waals surface area contributed by atoms with E-state index in [1.54, 1.807) is 0 Å². The molecule has 1 aliphatic carbocycles. The van der Waals surface area contributed by atoms with Crippen molar-refractivity contribution in [2.24, 2.45) is 5.73 Å². The summed E-state index contributed by atoms with van der Waals surface area (Å²) >= 11 is 0. The lowest BCUT2D eigenvalue weighted by molar-refractivity contribution is -0.170. The van der Waals surface area contributed by atoms with Crippen LogP contribution in [-0.4, -0.2) is 23.7 Å². The Morgan fingerprint density at radius 2 is 2.06 bits per heavy atom. The van der Waals surface area contributed by atoms with Crippen molar-refractivity contribution in [1.82, 2.24) is 5.32 Å². The Kier molecular flexibility index (Phi) is 3.83. The first kappa shape index (κ1) is 13.3. The summed E-state index contributed by atoms with van der Waals surface area (Å²) in [5.74, 6) is -0.691. The number of hydrogen-bond acceptors (Lipinski definition) is 2. The molecule has 1 saturated carbocycles. The molecule has 3 N–H and O–H groups in total. The van der Waals surface area contributed by atoms with Crippen molar-refractivity contribution in [3.8, 4) is 0 Å². The van der Waals surface area contributed by atoms with E-state index in [2.05, 4.69) is 0 Å². The van der Waals surface area contributed by atoms with E-state index in [0.717, 1.165) is 12.8 Å². The molecule has 1 fully saturated rings. The molecule has 0 aliphatic heterocycles. The summed E-state index contributed by atoms with van der Waals surface area (Å²) in [6, 6.07) is -0.834. The highest BCUT2D eigenvalue weighted by Gasteiger charge is 2.64. The Hall–Kier alpha value is -0.780.